The number of amides is 2. The van der Waals surface area contributed by atoms with E-state index in [1.165, 1.54) is 6.92 Å². The number of hydrogen-bond acceptors (Lipinski definition) is 4. The maximum Gasteiger partial charge on any atom is 0.406 e. The van der Waals surface area contributed by atoms with E-state index in [0.717, 1.165) is 0 Å². The third-order valence-corrected chi connectivity index (χ3v) is 6.51. The molecule has 1 unspecified atom stereocenters. The molecule has 2 amide bonds. The van der Waals surface area contributed by atoms with Crippen molar-refractivity contribution in [3.63, 3.8) is 0 Å². The van der Waals surface area contributed by atoms with Gasteiger partial charge < -0.3 is 14.9 Å². The number of ether oxygens (including phenoxy) is 1. The van der Waals surface area contributed by atoms with E-state index in [1.54, 1.807) is 13.8 Å². The Kier molecular flexibility index (Phi) is 7.41. The summed E-state index contributed by atoms with van der Waals surface area (Å²) in [6.07, 6.45) is -1.32. The Morgan fingerprint density at radius 2 is 1.67 bits per heavy atom. The topological polar surface area (TPSA) is 125 Å². The van der Waals surface area contributed by atoms with Gasteiger partial charge in [-0.2, -0.15) is 0 Å². The Bertz CT molecular complexity index is 607. The Morgan fingerprint density at radius 1 is 1.15 bits per heavy atom. The second kappa shape index (κ2) is 8.56. The van der Waals surface area contributed by atoms with Gasteiger partial charge in [0.05, 0.1) is 6.61 Å². The molecule has 8 nitrogen and oxygen atoms in total. The zero-order valence-corrected chi connectivity index (χ0v) is 17.1. The van der Waals surface area contributed by atoms with Crippen LogP contribution in [-0.2, 0) is 9.53 Å². The molecular weight excluding hydrogens is 399 g/mol. The third kappa shape index (κ3) is 4.60. The molecule has 0 heterocycles. The molecule has 1 rings (SSSR count). The summed E-state index contributed by atoms with van der Waals surface area (Å²) in [5, 5.41) is 23.3. The Hall–Kier alpha value is -1.67. The van der Waals surface area contributed by atoms with Crippen LogP contribution in [0.5, 0.6) is 0 Å². The smallest absolute Gasteiger partial charge is 0.406 e. The van der Waals surface area contributed by atoms with Crippen LogP contribution in [-0.4, -0.2) is 45.5 Å². The van der Waals surface area contributed by atoms with Gasteiger partial charge in [0.15, 0.2) is 0 Å². The molecule has 0 spiro atoms. The second-order valence-electron chi connectivity index (χ2n) is 7.37. The van der Waals surface area contributed by atoms with Gasteiger partial charge in [-0.15, -0.1) is 23.2 Å². The number of carbonyl (C=O) groups excluding carboxylic acids is 1. The maximum absolute atomic E-state index is 11.7. The van der Waals surface area contributed by atoms with Gasteiger partial charge in [-0.05, 0) is 32.6 Å². The second-order valence-corrected chi connectivity index (χ2v) is 8.46. The van der Waals surface area contributed by atoms with Crippen LogP contribution in [0.3, 0.4) is 0 Å². The van der Waals surface area contributed by atoms with Crippen molar-refractivity contribution in [1.82, 2.24) is 10.6 Å². The molecule has 0 saturated heterocycles. The van der Waals surface area contributed by atoms with Crippen LogP contribution in [0.2, 0.25) is 0 Å². The summed E-state index contributed by atoms with van der Waals surface area (Å²) in [6, 6.07) is 0. The zero-order chi connectivity index (χ0) is 21.0. The van der Waals surface area contributed by atoms with Gasteiger partial charge in [0.1, 0.15) is 10.5 Å². The van der Waals surface area contributed by atoms with Crippen molar-refractivity contribution in [3.05, 3.63) is 12.2 Å². The molecule has 0 aromatic heterocycles. The monoisotopic (exact) mass is 424 g/mol. The summed E-state index contributed by atoms with van der Waals surface area (Å²) in [6.45, 7) is 8.43. The van der Waals surface area contributed by atoms with Crippen molar-refractivity contribution in [2.24, 2.45) is 10.8 Å². The van der Waals surface area contributed by atoms with E-state index < -0.39 is 39.5 Å². The lowest BCUT2D eigenvalue weighted by atomic mass is 9.52. The van der Waals surface area contributed by atoms with Crippen molar-refractivity contribution in [2.75, 3.05) is 6.61 Å². The number of carboxylic acid groups (broad SMARTS) is 2. The Morgan fingerprint density at radius 3 is 2.07 bits per heavy atom. The van der Waals surface area contributed by atoms with Crippen LogP contribution in [0, 0.1) is 10.8 Å². The highest BCUT2D eigenvalue weighted by Crippen LogP contribution is 2.60. The summed E-state index contributed by atoms with van der Waals surface area (Å²) < 4.78 is 5.18. The van der Waals surface area contributed by atoms with E-state index in [-0.39, 0.29) is 25.0 Å². The van der Waals surface area contributed by atoms with E-state index in [1.807, 2.05) is 0 Å². The van der Waals surface area contributed by atoms with Crippen LogP contribution in [0.4, 0.5) is 9.59 Å². The van der Waals surface area contributed by atoms with Crippen molar-refractivity contribution < 1.29 is 29.3 Å². The maximum atomic E-state index is 11.7. The predicted molar refractivity (Wildman–Crippen MR) is 101 cm³/mol. The normalized spacial score (nSPS) is 23.3. The number of halogens is 2. The fraction of sp³-hybridized carbons (Fsp3) is 0.706. The van der Waals surface area contributed by atoms with Gasteiger partial charge in [-0.25, -0.2) is 14.4 Å². The number of carbonyl (C=O) groups is 3. The molecule has 0 radical (unpaired) electrons. The first-order valence-electron chi connectivity index (χ1n) is 8.44. The molecule has 4 N–H and O–H groups in total. The first kappa shape index (κ1) is 23.4. The Labute approximate surface area is 168 Å². The van der Waals surface area contributed by atoms with Gasteiger partial charge in [-0.3, -0.25) is 10.6 Å². The molecule has 1 fully saturated rings. The zero-order valence-electron chi connectivity index (χ0n) is 15.6. The standard InChI is InChI=1S/C17H26Cl2N2O6/c1-10(2)11(22)27-9-8-16(12(18)19)6-5-7-17(15(16,3)4,20-13(23)24)21-14(25)26/h12,20-21H,1,5-9H2,2-4H3,(H,23,24)(H,25,26). The molecular formula is C17H26Cl2N2O6. The number of rotatable bonds is 7. The van der Waals surface area contributed by atoms with Gasteiger partial charge in [0.2, 0.25) is 0 Å². The van der Waals surface area contributed by atoms with Crippen LogP contribution in [0.15, 0.2) is 12.2 Å². The number of nitrogens with one attached hydrogen (secondary N) is 2. The number of esters is 1. The van der Waals surface area contributed by atoms with E-state index in [0.29, 0.717) is 12.8 Å². The lowest BCUT2D eigenvalue weighted by Crippen LogP contribution is -2.74. The van der Waals surface area contributed by atoms with Crippen molar-refractivity contribution in [2.45, 2.75) is 57.0 Å². The number of alkyl halides is 2. The summed E-state index contributed by atoms with van der Waals surface area (Å²) in [5.74, 6) is -0.557. The highest BCUT2D eigenvalue weighted by molar-refractivity contribution is 6.44. The minimum Gasteiger partial charge on any atom is -0.465 e. The largest absolute Gasteiger partial charge is 0.465 e. The first-order valence-corrected chi connectivity index (χ1v) is 9.31. The molecule has 1 atom stereocenters. The van der Waals surface area contributed by atoms with Gasteiger partial charge in [-0.1, -0.05) is 20.4 Å². The average Bonchev–Trinajstić information content (AvgIpc) is 2.49. The fourth-order valence-corrected chi connectivity index (χ4v) is 4.91. The van der Waals surface area contributed by atoms with E-state index in [9.17, 15) is 24.6 Å². The van der Waals surface area contributed by atoms with E-state index in [4.69, 9.17) is 27.9 Å². The molecule has 0 bridgehead atoms. The predicted octanol–water partition coefficient (Wildman–Crippen LogP) is 3.73. The third-order valence-electron chi connectivity index (χ3n) is 5.67. The molecule has 10 heteroatoms. The minimum atomic E-state index is -1.51. The summed E-state index contributed by atoms with van der Waals surface area (Å²) in [7, 11) is 0. The van der Waals surface area contributed by atoms with E-state index in [2.05, 4.69) is 17.2 Å². The fourth-order valence-electron chi connectivity index (χ4n) is 3.93. The molecule has 0 aromatic rings. The molecule has 0 aliphatic heterocycles. The number of hydrogen-bond donors (Lipinski definition) is 4. The van der Waals surface area contributed by atoms with Gasteiger partial charge >= 0.3 is 18.2 Å². The van der Waals surface area contributed by atoms with Gasteiger partial charge in [0, 0.05) is 16.4 Å². The van der Waals surface area contributed by atoms with Crippen molar-refractivity contribution in [1.29, 1.82) is 0 Å². The first-order chi connectivity index (χ1) is 12.3. The van der Waals surface area contributed by atoms with Crippen molar-refractivity contribution in [3.8, 4) is 0 Å². The van der Waals surface area contributed by atoms with Crippen LogP contribution in [0.1, 0.15) is 46.5 Å². The highest BCUT2D eigenvalue weighted by atomic mass is 35.5. The SMILES string of the molecule is C=C(C)C(=O)OCCC1(C(Cl)Cl)CCCC(NC(=O)O)(NC(=O)O)C1(C)C. The lowest BCUT2D eigenvalue weighted by Gasteiger charge is -2.60. The summed E-state index contributed by atoms with van der Waals surface area (Å²) in [5.41, 5.74) is -3.23. The molecule has 27 heavy (non-hydrogen) atoms. The molecule has 1 aliphatic rings. The summed E-state index contributed by atoms with van der Waals surface area (Å²) in [4.78, 5) is 33.5. The quantitative estimate of drug-likeness (QED) is 0.213. The van der Waals surface area contributed by atoms with Crippen LogP contribution >= 0.6 is 23.2 Å². The Balaban J connectivity index is 3.29. The molecule has 154 valence electrons. The average molecular weight is 425 g/mol. The molecule has 1 aliphatic carbocycles. The van der Waals surface area contributed by atoms with Crippen LogP contribution in [0.25, 0.3) is 0 Å². The molecule has 1 saturated carbocycles. The minimum absolute atomic E-state index is 0.0126. The lowest BCUT2D eigenvalue weighted by molar-refractivity contribution is -0.142. The van der Waals surface area contributed by atoms with E-state index >= 15 is 0 Å². The summed E-state index contributed by atoms with van der Waals surface area (Å²) >= 11 is 12.7. The van der Waals surface area contributed by atoms with Gasteiger partial charge in [0.25, 0.3) is 0 Å². The van der Waals surface area contributed by atoms with Crippen molar-refractivity contribution >= 4 is 41.4 Å². The van der Waals surface area contributed by atoms with Crippen LogP contribution < -0.4 is 10.6 Å². The molecule has 0 aromatic carbocycles. The highest BCUT2D eigenvalue weighted by Gasteiger charge is 2.63.